The molecule has 1 aliphatic carbocycles. The molecule has 0 radical (unpaired) electrons. The van der Waals surface area contributed by atoms with Gasteiger partial charge in [0.1, 0.15) is 0 Å². The minimum absolute atomic E-state index is 0.0500. The number of aromatic nitrogens is 2. The highest BCUT2D eigenvalue weighted by Crippen LogP contribution is 2.30. The molecular formula is C17H22FN3O. The molecule has 0 saturated heterocycles. The van der Waals surface area contributed by atoms with Gasteiger partial charge in [0.05, 0.1) is 18.6 Å². The van der Waals surface area contributed by atoms with Gasteiger partial charge in [-0.2, -0.15) is 0 Å². The molecule has 0 aliphatic heterocycles. The molecule has 1 atom stereocenters. The number of aryl methyl sites for hydroxylation is 1. The maximum Gasteiger partial charge on any atom is 0.165 e. The zero-order valence-electron chi connectivity index (χ0n) is 13.1. The van der Waals surface area contributed by atoms with Crippen LogP contribution in [-0.4, -0.2) is 16.2 Å². The van der Waals surface area contributed by atoms with Gasteiger partial charge in [-0.15, -0.1) is 0 Å². The number of ether oxygens (including phenoxy) is 1. The maximum absolute atomic E-state index is 14.1. The average Bonchev–Trinajstić information content (AvgIpc) is 3.24. The summed E-state index contributed by atoms with van der Waals surface area (Å²) in [6, 6.07) is 5.25. The number of imidazole rings is 1. The van der Waals surface area contributed by atoms with Crippen LogP contribution in [0.4, 0.5) is 4.39 Å². The highest BCUT2D eigenvalue weighted by atomic mass is 19.1. The first kappa shape index (κ1) is 15.0. The maximum atomic E-state index is 14.1. The molecule has 4 nitrogen and oxygen atoms in total. The number of nitrogens with zero attached hydrogens (tertiary/aromatic N) is 2. The largest absolute Gasteiger partial charge is 0.490 e. The van der Waals surface area contributed by atoms with E-state index in [4.69, 9.17) is 4.74 Å². The molecule has 1 N–H and O–H groups in total. The molecule has 1 aliphatic rings. The highest BCUT2D eigenvalue weighted by molar-refractivity contribution is 5.31. The van der Waals surface area contributed by atoms with Crippen LogP contribution in [0.25, 0.3) is 0 Å². The molecule has 0 spiro atoms. The van der Waals surface area contributed by atoms with Gasteiger partial charge in [-0.3, -0.25) is 0 Å². The third kappa shape index (κ3) is 3.85. The zero-order valence-corrected chi connectivity index (χ0v) is 13.1. The summed E-state index contributed by atoms with van der Waals surface area (Å²) in [5, 5.41) is 3.35. The van der Waals surface area contributed by atoms with Crippen molar-refractivity contribution in [1.29, 1.82) is 0 Å². The predicted molar refractivity (Wildman–Crippen MR) is 83.1 cm³/mol. The van der Waals surface area contributed by atoms with Gasteiger partial charge in [-0.1, -0.05) is 6.07 Å². The molecule has 118 valence electrons. The summed E-state index contributed by atoms with van der Waals surface area (Å²) in [7, 11) is 1.94. The molecule has 3 rings (SSSR count). The molecule has 0 bridgehead atoms. The second-order valence-corrected chi connectivity index (χ2v) is 6.08. The van der Waals surface area contributed by atoms with E-state index in [2.05, 4.69) is 10.3 Å². The van der Waals surface area contributed by atoms with E-state index in [0.29, 0.717) is 24.8 Å². The van der Waals surface area contributed by atoms with Gasteiger partial charge in [0.25, 0.3) is 0 Å². The molecule has 1 saturated carbocycles. The quantitative estimate of drug-likeness (QED) is 0.854. The summed E-state index contributed by atoms with van der Waals surface area (Å²) >= 11 is 0. The first-order valence-corrected chi connectivity index (χ1v) is 7.74. The Morgan fingerprint density at radius 1 is 1.45 bits per heavy atom. The molecule has 1 aromatic carbocycles. The highest BCUT2D eigenvalue weighted by Gasteiger charge is 2.22. The third-order valence-electron chi connectivity index (χ3n) is 3.98. The van der Waals surface area contributed by atoms with Crippen LogP contribution in [0.5, 0.6) is 5.75 Å². The van der Waals surface area contributed by atoms with Crippen LogP contribution in [0.15, 0.2) is 30.7 Å². The number of nitrogens with one attached hydrogen (secondary N) is 1. The van der Waals surface area contributed by atoms with Crippen LogP contribution in [0.2, 0.25) is 0 Å². The van der Waals surface area contributed by atoms with E-state index in [-0.39, 0.29) is 11.9 Å². The minimum atomic E-state index is -0.287. The third-order valence-corrected chi connectivity index (χ3v) is 3.98. The number of halogens is 1. The van der Waals surface area contributed by atoms with Gasteiger partial charge < -0.3 is 14.6 Å². The van der Waals surface area contributed by atoms with Crippen LogP contribution in [0.1, 0.15) is 37.1 Å². The van der Waals surface area contributed by atoms with E-state index < -0.39 is 0 Å². The Hall–Kier alpha value is -1.88. The Kier molecular flexibility index (Phi) is 4.43. The van der Waals surface area contributed by atoms with E-state index in [0.717, 1.165) is 11.3 Å². The summed E-state index contributed by atoms with van der Waals surface area (Å²) in [5.74, 6) is 0.690. The normalized spacial score (nSPS) is 15.8. The fourth-order valence-electron chi connectivity index (χ4n) is 2.33. The van der Waals surface area contributed by atoms with Crippen LogP contribution in [0.3, 0.4) is 0 Å². The summed E-state index contributed by atoms with van der Waals surface area (Å²) < 4.78 is 21.5. The van der Waals surface area contributed by atoms with Gasteiger partial charge in [-0.25, -0.2) is 9.37 Å². The van der Waals surface area contributed by atoms with Crippen LogP contribution < -0.4 is 10.1 Å². The number of hydrogen-bond donors (Lipinski definition) is 1. The smallest absolute Gasteiger partial charge is 0.165 e. The van der Waals surface area contributed by atoms with E-state index >= 15 is 0 Å². The van der Waals surface area contributed by atoms with Gasteiger partial charge in [0.2, 0.25) is 0 Å². The number of benzene rings is 1. The Morgan fingerprint density at radius 3 is 2.91 bits per heavy atom. The van der Waals surface area contributed by atoms with E-state index in [9.17, 15) is 4.39 Å². The lowest BCUT2D eigenvalue weighted by Crippen LogP contribution is -2.18. The summed E-state index contributed by atoms with van der Waals surface area (Å²) in [6.07, 6.45) is 6.14. The average molecular weight is 303 g/mol. The lowest BCUT2D eigenvalue weighted by Gasteiger charge is -2.15. The van der Waals surface area contributed by atoms with Crippen molar-refractivity contribution in [2.24, 2.45) is 13.0 Å². The van der Waals surface area contributed by atoms with Gasteiger partial charge in [0, 0.05) is 25.8 Å². The lowest BCUT2D eigenvalue weighted by molar-refractivity contribution is 0.285. The Labute approximate surface area is 130 Å². The van der Waals surface area contributed by atoms with Crippen LogP contribution in [-0.2, 0) is 13.6 Å². The van der Waals surface area contributed by atoms with Gasteiger partial charge >= 0.3 is 0 Å². The van der Waals surface area contributed by atoms with Crippen molar-refractivity contribution in [3.8, 4) is 5.75 Å². The monoisotopic (exact) mass is 303 g/mol. The Bertz CT molecular complexity index is 637. The number of hydrogen-bond acceptors (Lipinski definition) is 3. The van der Waals surface area contributed by atoms with Gasteiger partial charge in [0.15, 0.2) is 11.6 Å². The van der Waals surface area contributed by atoms with Crippen molar-refractivity contribution >= 4 is 0 Å². The zero-order chi connectivity index (χ0) is 15.5. The lowest BCUT2D eigenvalue weighted by atomic mass is 10.1. The molecule has 2 aromatic rings. The van der Waals surface area contributed by atoms with Crippen LogP contribution >= 0.6 is 0 Å². The van der Waals surface area contributed by atoms with E-state index in [1.807, 2.05) is 30.8 Å². The van der Waals surface area contributed by atoms with Crippen molar-refractivity contribution in [3.05, 3.63) is 47.8 Å². The topological polar surface area (TPSA) is 39.1 Å². The SMILES string of the molecule is C[C@H](NCc1cn(C)cn1)c1ccc(OCC2CC2)c(F)c1. The summed E-state index contributed by atoms with van der Waals surface area (Å²) in [4.78, 5) is 4.27. The number of rotatable bonds is 7. The Balaban J connectivity index is 1.56. The fourth-order valence-corrected chi connectivity index (χ4v) is 2.33. The fraction of sp³-hybridized carbons (Fsp3) is 0.471. The van der Waals surface area contributed by atoms with Crippen molar-refractivity contribution in [3.63, 3.8) is 0 Å². The van der Waals surface area contributed by atoms with Crippen molar-refractivity contribution in [2.75, 3.05) is 6.61 Å². The second-order valence-electron chi connectivity index (χ2n) is 6.08. The summed E-state index contributed by atoms with van der Waals surface area (Å²) in [6.45, 7) is 3.30. The van der Waals surface area contributed by atoms with E-state index in [1.54, 1.807) is 18.5 Å². The Morgan fingerprint density at radius 2 is 2.27 bits per heavy atom. The van der Waals surface area contributed by atoms with Crippen LogP contribution in [0, 0.1) is 11.7 Å². The minimum Gasteiger partial charge on any atom is -0.490 e. The van der Waals surface area contributed by atoms with Crippen molar-refractivity contribution < 1.29 is 9.13 Å². The molecule has 1 heterocycles. The van der Waals surface area contributed by atoms with Gasteiger partial charge in [-0.05, 0) is 43.4 Å². The first-order chi connectivity index (χ1) is 10.6. The first-order valence-electron chi connectivity index (χ1n) is 7.74. The molecular weight excluding hydrogens is 281 g/mol. The summed E-state index contributed by atoms with van der Waals surface area (Å²) in [5.41, 5.74) is 1.88. The molecule has 22 heavy (non-hydrogen) atoms. The van der Waals surface area contributed by atoms with Crippen molar-refractivity contribution in [1.82, 2.24) is 14.9 Å². The van der Waals surface area contributed by atoms with E-state index in [1.165, 1.54) is 12.8 Å². The molecule has 5 heteroatoms. The second kappa shape index (κ2) is 6.48. The molecule has 1 fully saturated rings. The molecule has 1 aromatic heterocycles. The standard InChI is InChI=1S/C17H22FN3O/c1-12(19-8-15-9-21(2)11-20-15)14-5-6-17(16(18)7-14)22-10-13-3-4-13/h5-7,9,11-13,19H,3-4,8,10H2,1-2H3/t12-/m0/s1. The predicted octanol–water partition coefficient (Wildman–Crippen LogP) is 3.20. The molecule has 0 amide bonds. The van der Waals surface area contributed by atoms with Crippen molar-refractivity contribution in [2.45, 2.75) is 32.4 Å². The molecule has 0 unspecified atom stereocenters.